The van der Waals surface area contributed by atoms with Crippen molar-refractivity contribution in [2.45, 2.75) is 32.6 Å². The average Bonchev–Trinajstić information content (AvgIpc) is 2.39. The summed E-state index contributed by atoms with van der Waals surface area (Å²) in [6, 6.07) is 0. The summed E-state index contributed by atoms with van der Waals surface area (Å²) in [6.07, 6.45) is 16.2. The van der Waals surface area contributed by atoms with E-state index in [9.17, 15) is 0 Å². The molecular formula is C13H16. The molecule has 0 saturated heterocycles. The second-order valence-electron chi connectivity index (χ2n) is 3.60. The van der Waals surface area contributed by atoms with Crippen molar-refractivity contribution in [3.05, 3.63) is 47.1 Å². The van der Waals surface area contributed by atoms with Gasteiger partial charge in [0.05, 0.1) is 0 Å². The molecule has 0 nitrogen and oxygen atoms in total. The Labute approximate surface area is 80.3 Å². The fourth-order valence-corrected chi connectivity index (χ4v) is 2.03. The first-order chi connectivity index (χ1) is 6.42. The summed E-state index contributed by atoms with van der Waals surface area (Å²) in [7, 11) is 0. The van der Waals surface area contributed by atoms with E-state index < -0.39 is 0 Å². The maximum absolute atomic E-state index is 2.37. The van der Waals surface area contributed by atoms with Crippen molar-refractivity contribution in [1.29, 1.82) is 0 Å². The van der Waals surface area contributed by atoms with E-state index in [2.05, 4.69) is 37.3 Å². The highest BCUT2D eigenvalue weighted by Crippen LogP contribution is 2.30. The van der Waals surface area contributed by atoms with E-state index in [4.69, 9.17) is 0 Å². The van der Waals surface area contributed by atoms with Crippen LogP contribution in [0, 0.1) is 0 Å². The molecule has 0 fully saturated rings. The molecule has 68 valence electrons. The van der Waals surface area contributed by atoms with Gasteiger partial charge >= 0.3 is 0 Å². The maximum Gasteiger partial charge on any atom is -0.0160 e. The van der Waals surface area contributed by atoms with E-state index in [0.717, 1.165) is 12.8 Å². The summed E-state index contributed by atoms with van der Waals surface area (Å²) in [6.45, 7) is 2.23. The summed E-state index contributed by atoms with van der Waals surface area (Å²) in [5.41, 5.74) is 4.55. The zero-order valence-corrected chi connectivity index (χ0v) is 8.22. The SMILES string of the molecule is CCC1=C2C=CCCC2=CCC=C1. The normalized spacial score (nSPS) is 21.2. The van der Waals surface area contributed by atoms with Crippen molar-refractivity contribution in [2.75, 3.05) is 0 Å². The predicted octanol–water partition coefficient (Wildman–Crippen LogP) is 3.93. The smallest absolute Gasteiger partial charge is 0.0160 e. The summed E-state index contributed by atoms with van der Waals surface area (Å²) < 4.78 is 0. The number of rotatable bonds is 1. The first kappa shape index (κ1) is 8.55. The van der Waals surface area contributed by atoms with Crippen molar-refractivity contribution >= 4 is 0 Å². The van der Waals surface area contributed by atoms with E-state index in [1.54, 1.807) is 5.57 Å². The van der Waals surface area contributed by atoms with Crippen LogP contribution in [-0.2, 0) is 0 Å². The van der Waals surface area contributed by atoms with E-state index >= 15 is 0 Å². The quantitative estimate of drug-likeness (QED) is 0.562. The molecule has 0 aliphatic heterocycles. The third-order valence-electron chi connectivity index (χ3n) is 2.76. The summed E-state index contributed by atoms with van der Waals surface area (Å²) >= 11 is 0. The van der Waals surface area contributed by atoms with Crippen LogP contribution in [0.3, 0.4) is 0 Å². The Morgan fingerprint density at radius 2 is 2.15 bits per heavy atom. The molecule has 0 heterocycles. The topological polar surface area (TPSA) is 0 Å². The van der Waals surface area contributed by atoms with Gasteiger partial charge in [0.1, 0.15) is 0 Å². The Morgan fingerprint density at radius 3 is 3.00 bits per heavy atom. The molecule has 0 radical (unpaired) electrons. The fourth-order valence-electron chi connectivity index (χ4n) is 2.03. The molecule has 0 aromatic rings. The van der Waals surface area contributed by atoms with Gasteiger partial charge in [-0.25, -0.2) is 0 Å². The van der Waals surface area contributed by atoms with Crippen molar-refractivity contribution in [3.8, 4) is 0 Å². The molecule has 0 bridgehead atoms. The molecule has 0 aromatic carbocycles. The van der Waals surface area contributed by atoms with Crippen LogP contribution in [0.2, 0.25) is 0 Å². The zero-order chi connectivity index (χ0) is 9.10. The highest BCUT2D eigenvalue weighted by Gasteiger charge is 2.10. The van der Waals surface area contributed by atoms with Crippen LogP contribution in [0.25, 0.3) is 0 Å². The molecule has 0 unspecified atom stereocenters. The molecule has 0 amide bonds. The lowest BCUT2D eigenvalue weighted by Crippen LogP contribution is -1.95. The lowest BCUT2D eigenvalue weighted by atomic mass is 9.91. The minimum Gasteiger partial charge on any atom is -0.0836 e. The van der Waals surface area contributed by atoms with Gasteiger partial charge in [0, 0.05) is 0 Å². The van der Waals surface area contributed by atoms with E-state index in [0.29, 0.717) is 0 Å². The van der Waals surface area contributed by atoms with Gasteiger partial charge in [0.2, 0.25) is 0 Å². The zero-order valence-electron chi connectivity index (χ0n) is 8.22. The summed E-state index contributed by atoms with van der Waals surface area (Å²) in [4.78, 5) is 0. The van der Waals surface area contributed by atoms with E-state index in [-0.39, 0.29) is 0 Å². The van der Waals surface area contributed by atoms with E-state index in [1.165, 1.54) is 24.0 Å². The Kier molecular flexibility index (Phi) is 2.49. The van der Waals surface area contributed by atoms with Crippen molar-refractivity contribution in [3.63, 3.8) is 0 Å². The minimum atomic E-state index is 1.11. The number of hydrogen-bond acceptors (Lipinski definition) is 0. The highest BCUT2D eigenvalue weighted by atomic mass is 14.2. The van der Waals surface area contributed by atoms with Crippen LogP contribution >= 0.6 is 0 Å². The van der Waals surface area contributed by atoms with Crippen molar-refractivity contribution < 1.29 is 0 Å². The Bertz CT molecular complexity index is 311. The average molecular weight is 172 g/mol. The fraction of sp³-hybridized carbons (Fsp3) is 0.385. The van der Waals surface area contributed by atoms with Gasteiger partial charge in [-0.15, -0.1) is 0 Å². The van der Waals surface area contributed by atoms with Gasteiger partial charge in [-0.3, -0.25) is 0 Å². The monoisotopic (exact) mass is 172 g/mol. The van der Waals surface area contributed by atoms with Crippen LogP contribution in [0.1, 0.15) is 32.6 Å². The largest absolute Gasteiger partial charge is 0.0836 e. The van der Waals surface area contributed by atoms with Crippen LogP contribution in [-0.4, -0.2) is 0 Å². The van der Waals surface area contributed by atoms with Crippen LogP contribution in [0.5, 0.6) is 0 Å². The van der Waals surface area contributed by atoms with E-state index in [1.807, 2.05) is 0 Å². The first-order valence-electron chi connectivity index (χ1n) is 5.17. The Morgan fingerprint density at radius 1 is 1.23 bits per heavy atom. The predicted molar refractivity (Wildman–Crippen MR) is 57.5 cm³/mol. The maximum atomic E-state index is 2.37. The summed E-state index contributed by atoms with van der Waals surface area (Å²) in [5, 5.41) is 0. The lowest BCUT2D eigenvalue weighted by molar-refractivity contribution is 0.950. The molecule has 0 saturated carbocycles. The highest BCUT2D eigenvalue weighted by molar-refractivity contribution is 5.50. The van der Waals surface area contributed by atoms with Crippen molar-refractivity contribution in [2.24, 2.45) is 0 Å². The van der Waals surface area contributed by atoms with Crippen LogP contribution in [0.4, 0.5) is 0 Å². The minimum absolute atomic E-state index is 1.11. The van der Waals surface area contributed by atoms with Gasteiger partial charge < -0.3 is 0 Å². The first-order valence-corrected chi connectivity index (χ1v) is 5.17. The third kappa shape index (κ3) is 1.67. The van der Waals surface area contributed by atoms with Crippen LogP contribution in [0.15, 0.2) is 47.1 Å². The Hall–Kier alpha value is -1.04. The molecule has 13 heavy (non-hydrogen) atoms. The number of fused-ring (bicyclic) bond motifs is 1. The molecule has 0 heteroatoms. The van der Waals surface area contributed by atoms with Gasteiger partial charge in [0.15, 0.2) is 0 Å². The third-order valence-corrected chi connectivity index (χ3v) is 2.76. The molecular weight excluding hydrogens is 156 g/mol. The molecule has 2 rings (SSSR count). The lowest BCUT2D eigenvalue weighted by Gasteiger charge is -2.14. The van der Waals surface area contributed by atoms with Gasteiger partial charge in [-0.1, -0.05) is 37.3 Å². The summed E-state index contributed by atoms with van der Waals surface area (Å²) in [5.74, 6) is 0. The number of hydrogen-bond donors (Lipinski definition) is 0. The second kappa shape index (κ2) is 3.78. The van der Waals surface area contributed by atoms with Crippen LogP contribution < -0.4 is 0 Å². The molecule has 0 aromatic heterocycles. The molecule has 0 atom stereocenters. The molecule has 0 N–H and O–H groups in total. The van der Waals surface area contributed by atoms with Crippen molar-refractivity contribution in [1.82, 2.24) is 0 Å². The van der Waals surface area contributed by atoms with Gasteiger partial charge in [-0.05, 0) is 42.4 Å². The molecule has 2 aliphatic rings. The number of allylic oxidation sites excluding steroid dienone is 8. The molecule has 2 aliphatic carbocycles. The second-order valence-corrected chi connectivity index (χ2v) is 3.60. The standard InChI is InChI=1S/C13H16/c1-2-11-7-3-4-8-12-9-5-6-10-13(11)12/h3,6-8,10H,2,4-5,9H2,1H3. The van der Waals surface area contributed by atoms with Gasteiger partial charge in [-0.2, -0.15) is 0 Å². The molecule has 0 spiro atoms. The van der Waals surface area contributed by atoms with Gasteiger partial charge in [0.25, 0.3) is 0 Å². The Balaban J connectivity index is 2.46.